The SMILES string of the molecule is CN=C(NCc1nc(C)c(C)s1)NCC(c1ccc(Cl)cc1)N(C)C.I. The van der Waals surface area contributed by atoms with Crippen LogP contribution in [0.25, 0.3) is 0 Å². The van der Waals surface area contributed by atoms with E-state index in [1.54, 1.807) is 18.4 Å². The molecule has 0 fully saturated rings. The second kappa shape index (κ2) is 11.1. The van der Waals surface area contributed by atoms with Crippen molar-refractivity contribution in [1.29, 1.82) is 0 Å². The summed E-state index contributed by atoms with van der Waals surface area (Å²) in [6.07, 6.45) is 0. The van der Waals surface area contributed by atoms with Gasteiger partial charge in [-0.1, -0.05) is 23.7 Å². The Hall–Kier alpha value is -0.900. The summed E-state index contributed by atoms with van der Waals surface area (Å²) in [5, 5.41) is 8.54. The van der Waals surface area contributed by atoms with Crippen molar-refractivity contribution in [3.63, 3.8) is 0 Å². The number of aryl methyl sites for hydroxylation is 2. The summed E-state index contributed by atoms with van der Waals surface area (Å²) in [5.41, 5.74) is 2.31. The maximum absolute atomic E-state index is 5.99. The summed E-state index contributed by atoms with van der Waals surface area (Å²) in [5.74, 6) is 0.770. The molecule has 0 aliphatic heterocycles. The highest BCUT2D eigenvalue weighted by atomic mass is 127. The van der Waals surface area contributed by atoms with Crippen LogP contribution >= 0.6 is 46.9 Å². The molecule has 0 saturated carbocycles. The van der Waals surface area contributed by atoms with Crippen LogP contribution in [0.3, 0.4) is 0 Å². The number of hydrogen-bond acceptors (Lipinski definition) is 4. The van der Waals surface area contributed by atoms with E-state index >= 15 is 0 Å². The fourth-order valence-electron chi connectivity index (χ4n) is 2.47. The number of halogens is 2. The van der Waals surface area contributed by atoms with Gasteiger partial charge in [-0.25, -0.2) is 4.98 Å². The first kappa shape index (κ1) is 23.1. The Labute approximate surface area is 182 Å². The molecule has 0 aliphatic rings. The molecule has 0 amide bonds. The topological polar surface area (TPSA) is 52.6 Å². The van der Waals surface area contributed by atoms with Crippen LogP contribution in [0.1, 0.15) is 27.2 Å². The van der Waals surface area contributed by atoms with Crippen molar-refractivity contribution in [2.24, 2.45) is 4.99 Å². The summed E-state index contributed by atoms with van der Waals surface area (Å²) in [6, 6.07) is 8.19. The number of aliphatic imine (C=N–C) groups is 1. The molecular weight excluding hydrogens is 481 g/mol. The number of guanidine groups is 1. The Kier molecular flexibility index (Phi) is 9.84. The molecule has 144 valence electrons. The number of aromatic nitrogens is 1. The van der Waals surface area contributed by atoms with Crippen LogP contribution in [-0.2, 0) is 6.54 Å². The zero-order valence-electron chi connectivity index (χ0n) is 15.8. The number of benzene rings is 1. The van der Waals surface area contributed by atoms with E-state index in [1.807, 2.05) is 19.1 Å². The summed E-state index contributed by atoms with van der Waals surface area (Å²) in [7, 11) is 5.91. The molecule has 1 heterocycles. The molecule has 0 spiro atoms. The van der Waals surface area contributed by atoms with Gasteiger partial charge in [0.2, 0.25) is 0 Å². The lowest BCUT2D eigenvalue weighted by Crippen LogP contribution is -2.41. The van der Waals surface area contributed by atoms with E-state index in [4.69, 9.17) is 11.6 Å². The van der Waals surface area contributed by atoms with Gasteiger partial charge < -0.3 is 15.5 Å². The molecule has 26 heavy (non-hydrogen) atoms. The molecule has 1 aromatic heterocycles. The van der Waals surface area contributed by atoms with Gasteiger partial charge in [-0.3, -0.25) is 4.99 Å². The smallest absolute Gasteiger partial charge is 0.191 e. The Bertz CT molecular complexity index is 695. The first-order valence-corrected chi connectivity index (χ1v) is 9.39. The standard InChI is InChI=1S/C18H26ClN5S.HI/c1-12-13(2)25-17(23-12)11-22-18(20-3)21-10-16(24(4)5)14-6-8-15(19)9-7-14;/h6-9,16H,10-11H2,1-5H3,(H2,20,21,22);1H. The largest absolute Gasteiger partial charge is 0.354 e. The summed E-state index contributed by atoms with van der Waals surface area (Å²) < 4.78 is 0. The van der Waals surface area contributed by atoms with Crippen LogP contribution in [0, 0.1) is 13.8 Å². The molecule has 2 rings (SSSR count). The van der Waals surface area contributed by atoms with Gasteiger partial charge in [-0.05, 0) is 45.6 Å². The fourth-order valence-corrected chi connectivity index (χ4v) is 3.47. The molecule has 0 bridgehead atoms. The number of hydrogen-bond donors (Lipinski definition) is 2. The third-order valence-corrected chi connectivity index (χ3v) is 5.37. The van der Waals surface area contributed by atoms with Crippen LogP contribution < -0.4 is 10.6 Å². The Morgan fingerprint density at radius 2 is 1.88 bits per heavy atom. The van der Waals surface area contributed by atoms with E-state index in [2.05, 4.69) is 58.7 Å². The average molecular weight is 508 g/mol. The Balaban J connectivity index is 0.00000338. The van der Waals surface area contributed by atoms with Gasteiger partial charge in [-0.2, -0.15) is 0 Å². The van der Waals surface area contributed by atoms with Crippen molar-refractivity contribution < 1.29 is 0 Å². The Morgan fingerprint density at radius 1 is 1.23 bits per heavy atom. The average Bonchev–Trinajstić information content (AvgIpc) is 2.90. The van der Waals surface area contributed by atoms with Gasteiger partial charge in [0, 0.05) is 23.5 Å². The highest BCUT2D eigenvalue weighted by Crippen LogP contribution is 2.20. The number of likely N-dealkylation sites (N-methyl/N-ethyl adjacent to an activating group) is 1. The number of rotatable bonds is 6. The highest BCUT2D eigenvalue weighted by molar-refractivity contribution is 14.0. The summed E-state index contributed by atoms with van der Waals surface area (Å²) in [6.45, 7) is 5.55. The first-order valence-electron chi connectivity index (χ1n) is 8.20. The number of thiazole rings is 1. The highest BCUT2D eigenvalue weighted by Gasteiger charge is 2.15. The van der Waals surface area contributed by atoms with Crippen molar-refractivity contribution >= 4 is 52.9 Å². The molecule has 2 N–H and O–H groups in total. The van der Waals surface area contributed by atoms with Crippen LogP contribution in [0.2, 0.25) is 5.02 Å². The van der Waals surface area contributed by atoms with Crippen molar-refractivity contribution in [3.05, 3.63) is 50.4 Å². The molecule has 1 unspecified atom stereocenters. The van der Waals surface area contributed by atoms with Crippen LogP contribution in [-0.4, -0.2) is 43.5 Å². The quantitative estimate of drug-likeness (QED) is 0.353. The predicted octanol–water partition coefficient (Wildman–Crippen LogP) is 4.00. The van der Waals surface area contributed by atoms with Gasteiger partial charge in [0.1, 0.15) is 5.01 Å². The van der Waals surface area contributed by atoms with E-state index < -0.39 is 0 Å². The predicted molar refractivity (Wildman–Crippen MR) is 123 cm³/mol. The maximum atomic E-state index is 5.99. The maximum Gasteiger partial charge on any atom is 0.191 e. The van der Waals surface area contributed by atoms with Gasteiger partial charge in [-0.15, -0.1) is 35.3 Å². The molecule has 0 aliphatic carbocycles. The molecule has 0 saturated heterocycles. The zero-order valence-corrected chi connectivity index (χ0v) is 19.7. The van der Waals surface area contributed by atoms with Crippen LogP contribution in [0.4, 0.5) is 0 Å². The minimum Gasteiger partial charge on any atom is -0.354 e. The van der Waals surface area contributed by atoms with Crippen LogP contribution in [0.15, 0.2) is 29.3 Å². The minimum absolute atomic E-state index is 0. The van der Waals surface area contributed by atoms with Crippen LogP contribution in [0.5, 0.6) is 0 Å². The summed E-state index contributed by atoms with van der Waals surface area (Å²) in [4.78, 5) is 12.3. The molecule has 2 aromatic rings. The van der Waals surface area contributed by atoms with E-state index in [0.717, 1.165) is 28.2 Å². The van der Waals surface area contributed by atoms with Gasteiger partial charge in [0.25, 0.3) is 0 Å². The molecule has 1 aromatic carbocycles. The molecule has 5 nitrogen and oxygen atoms in total. The molecule has 0 radical (unpaired) electrons. The van der Waals surface area contributed by atoms with E-state index in [0.29, 0.717) is 6.54 Å². The van der Waals surface area contributed by atoms with E-state index in [1.165, 1.54) is 10.4 Å². The van der Waals surface area contributed by atoms with Crippen molar-refractivity contribution in [2.75, 3.05) is 27.7 Å². The van der Waals surface area contributed by atoms with Crippen molar-refractivity contribution in [3.8, 4) is 0 Å². The molecular formula is C18H27ClIN5S. The fraction of sp³-hybridized carbons (Fsp3) is 0.444. The van der Waals surface area contributed by atoms with E-state index in [-0.39, 0.29) is 30.0 Å². The van der Waals surface area contributed by atoms with Crippen molar-refractivity contribution in [1.82, 2.24) is 20.5 Å². The van der Waals surface area contributed by atoms with Gasteiger partial charge >= 0.3 is 0 Å². The third kappa shape index (κ3) is 6.68. The summed E-state index contributed by atoms with van der Waals surface area (Å²) >= 11 is 7.71. The second-order valence-electron chi connectivity index (χ2n) is 6.09. The number of nitrogens with one attached hydrogen (secondary N) is 2. The Morgan fingerprint density at radius 3 is 2.38 bits per heavy atom. The molecule has 1 atom stereocenters. The normalized spacial score (nSPS) is 12.7. The number of nitrogens with zero attached hydrogens (tertiary/aromatic N) is 3. The molecule has 8 heteroatoms. The van der Waals surface area contributed by atoms with Crippen molar-refractivity contribution in [2.45, 2.75) is 26.4 Å². The lowest BCUT2D eigenvalue weighted by molar-refractivity contribution is 0.298. The lowest BCUT2D eigenvalue weighted by Gasteiger charge is -2.26. The zero-order chi connectivity index (χ0) is 18.4. The van der Waals surface area contributed by atoms with E-state index in [9.17, 15) is 0 Å². The first-order chi connectivity index (χ1) is 11.9. The monoisotopic (exact) mass is 507 g/mol. The second-order valence-corrected chi connectivity index (χ2v) is 7.81. The van der Waals surface area contributed by atoms with Gasteiger partial charge in [0.05, 0.1) is 18.3 Å². The minimum atomic E-state index is 0. The van der Waals surface area contributed by atoms with Gasteiger partial charge in [0.15, 0.2) is 5.96 Å². The third-order valence-electron chi connectivity index (χ3n) is 4.04. The lowest BCUT2D eigenvalue weighted by atomic mass is 10.1.